The Kier molecular flexibility index (Phi) is 4.35. The zero-order valence-electron chi connectivity index (χ0n) is 6.08. The van der Waals surface area contributed by atoms with Crippen molar-refractivity contribution in [2.75, 3.05) is 13.3 Å². The molecule has 12 heavy (non-hydrogen) atoms. The highest BCUT2D eigenvalue weighted by Gasteiger charge is 2.13. The van der Waals surface area contributed by atoms with Crippen LogP contribution < -0.4 is 5.73 Å². The molecule has 4 N–H and O–H groups in total. The summed E-state index contributed by atoms with van der Waals surface area (Å²) in [5.41, 5.74) is 4.08. The summed E-state index contributed by atoms with van der Waals surface area (Å²) in [5.74, 6) is -2.22. The highest BCUT2D eigenvalue weighted by Crippen LogP contribution is 1.83. The number of alkyl halides is 1. The van der Waals surface area contributed by atoms with Gasteiger partial charge in [0.25, 0.3) is 0 Å². The number of carboxylic acid groups (broad SMARTS) is 1. The maximum Gasteiger partial charge on any atom is 0.361 e. The third kappa shape index (κ3) is 3.49. The van der Waals surface area contributed by atoms with Gasteiger partial charge in [0.15, 0.2) is 5.84 Å². The van der Waals surface area contributed by atoms with Crippen LogP contribution in [0.1, 0.15) is 0 Å². The van der Waals surface area contributed by atoms with E-state index < -0.39 is 24.2 Å². The van der Waals surface area contributed by atoms with E-state index in [1.165, 1.54) is 0 Å². The van der Waals surface area contributed by atoms with Crippen molar-refractivity contribution < 1.29 is 19.1 Å². The van der Waals surface area contributed by atoms with Gasteiger partial charge >= 0.3 is 5.97 Å². The lowest BCUT2D eigenvalue weighted by atomic mass is 10.4. The number of rotatable bonds is 5. The largest absolute Gasteiger partial charge is 0.476 e. The van der Waals surface area contributed by atoms with E-state index >= 15 is 0 Å². The van der Waals surface area contributed by atoms with E-state index in [9.17, 15) is 9.18 Å². The van der Waals surface area contributed by atoms with E-state index in [1.807, 2.05) is 0 Å². The van der Waals surface area contributed by atoms with E-state index in [0.717, 1.165) is 0 Å². The van der Waals surface area contributed by atoms with E-state index in [4.69, 9.17) is 16.2 Å². The molecule has 0 aliphatic carbocycles. The van der Waals surface area contributed by atoms with E-state index in [0.29, 0.717) is 0 Å². The van der Waals surface area contributed by atoms with Crippen LogP contribution in [0.5, 0.6) is 0 Å². The van der Waals surface area contributed by atoms with Crippen molar-refractivity contribution in [1.29, 1.82) is 5.41 Å². The second-order valence-electron chi connectivity index (χ2n) is 1.68. The van der Waals surface area contributed by atoms with Crippen molar-refractivity contribution in [2.24, 2.45) is 10.9 Å². The number of carbonyl (C=O) groups is 1. The van der Waals surface area contributed by atoms with Gasteiger partial charge in [-0.25, -0.2) is 9.18 Å². The zero-order valence-corrected chi connectivity index (χ0v) is 6.08. The Morgan fingerprint density at radius 2 is 2.33 bits per heavy atom. The van der Waals surface area contributed by atoms with Gasteiger partial charge in [0.1, 0.15) is 13.3 Å². The predicted molar refractivity (Wildman–Crippen MR) is 38.9 cm³/mol. The van der Waals surface area contributed by atoms with Crippen molar-refractivity contribution in [2.45, 2.75) is 0 Å². The van der Waals surface area contributed by atoms with E-state index in [1.54, 1.807) is 0 Å². The molecule has 0 fully saturated rings. The van der Waals surface area contributed by atoms with Crippen molar-refractivity contribution in [3.8, 4) is 0 Å². The maximum atomic E-state index is 11.4. The molecule has 0 saturated carbocycles. The topological polar surface area (TPSA) is 109 Å². The van der Waals surface area contributed by atoms with Crippen molar-refractivity contribution in [1.82, 2.24) is 0 Å². The smallest absolute Gasteiger partial charge is 0.361 e. The highest BCUT2D eigenvalue weighted by atomic mass is 19.1. The molecule has 0 atom stereocenters. The molecule has 0 radical (unpaired) electrons. The molecule has 0 saturated heterocycles. The predicted octanol–water partition coefficient (Wildman–Crippen LogP) is -0.651. The van der Waals surface area contributed by atoms with Gasteiger partial charge < -0.3 is 15.7 Å². The molecule has 0 aromatic rings. The number of nitrogens with one attached hydrogen (secondary N) is 1. The van der Waals surface area contributed by atoms with Crippen LogP contribution in [0.2, 0.25) is 0 Å². The number of amidine groups is 1. The summed E-state index contributed by atoms with van der Waals surface area (Å²) in [4.78, 5) is 14.4. The number of aliphatic carboxylic acids is 1. The lowest BCUT2D eigenvalue weighted by Crippen LogP contribution is -2.30. The van der Waals surface area contributed by atoms with E-state index in [2.05, 4.69) is 9.99 Å². The Bertz CT molecular complexity index is 200. The van der Waals surface area contributed by atoms with Crippen LogP contribution in [-0.2, 0) is 9.63 Å². The monoisotopic (exact) mass is 177 g/mol. The van der Waals surface area contributed by atoms with Crippen molar-refractivity contribution in [3.63, 3.8) is 0 Å². The molecule has 0 amide bonds. The van der Waals surface area contributed by atoms with Gasteiger partial charge in [0, 0.05) is 0 Å². The standard InChI is InChI=1S/C5H8FN3O3/c6-1-2-12-9-3(4(7)8)5(10)11/h1-2H2,(H3,7,8)(H,10,11)/b9-3-. The second kappa shape index (κ2) is 5.05. The fraction of sp³-hybridized carbons (Fsp3) is 0.400. The average Bonchev–Trinajstić information content (AvgIpc) is 1.96. The zero-order chi connectivity index (χ0) is 9.56. The number of carboxylic acids is 1. The number of nitrogens with zero attached hydrogens (tertiary/aromatic N) is 1. The van der Waals surface area contributed by atoms with Crippen LogP contribution in [0.4, 0.5) is 4.39 Å². The van der Waals surface area contributed by atoms with Gasteiger partial charge in [-0.05, 0) is 0 Å². The molecule has 68 valence electrons. The quantitative estimate of drug-likeness (QED) is 0.224. The first-order valence-electron chi connectivity index (χ1n) is 2.93. The number of oxime groups is 1. The van der Waals surface area contributed by atoms with Crippen LogP contribution >= 0.6 is 0 Å². The minimum Gasteiger partial charge on any atom is -0.476 e. The molecule has 0 spiro atoms. The summed E-state index contributed by atoms with van der Waals surface area (Å²) in [6, 6.07) is 0. The first-order chi connectivity index (χ1) is 5.59. The fourth-order valence-electron chi connectivity index (χ4n) is 0.348. The van der Waals surface area contributed by atoms with Gasteiger partial charge in [0.2, 0.25) is 5.71 Å². The van der Waals surface area contributed by atoms with Crippen LogP contribution in [0, 0.1) is 5.41 Å². The molecule has 0 aromatic heterocycles. The molecule has 0 heterocycles. The Balaban J connectivity index is 4.20. The SMILES string of the molecule is N=C(N)/C(=N/OCCF)C(=O)O. The Morgan fingerprint density at radius 1 is 1.75 bits per heavy atom. The molecule has 0 bridgehead atoms. The molecule has 7 heteroatoms. The average molecular weight is 177 g/mol. The number of halogens is 1. The third-order valence-corrected chi connectivity index (χ3v) is 0.782. The molecule has 6 nitrogen and oxygen atoms in total. The normalized spacial score (nSPS) is 10.9. The van der Waals surface area contributed by atoms with Gasteiger partial charge in [0.05, 0.1) is 0 Å². The molecular weight excluding hydrogens is 169 g/mol. The minimum atomic E-state index is -1.48. The summed E-state index contributed by atoms with van der Waals surface area (Å²) in [6.07, 6.45) is 0. The van der Waals surface area contributed by atoms with Crippen LogP contribution in [0.15, 0.2) is 5.16 Å². The van der Waals surface area contributed by atoms with Gasteiger partial charge in [-0.3, -0.25) is 5.41 Å². The van der Waals surface area contributed by atoms with Gasteiger partial charge in [-0.15, -0.1) is 0 Å². The lowest BCUT2D eigenvalue weighted by Gasteiger charge is -1.97. The van der Waals surface area contributed by atoms with Crippen molar-refractivity contribution in [3.05, 3.63) is 0 Å². The Morgan fingerprint density at radius 3 is 2.67 bits per heavy atom. The van der Waals surface area contributed by atoms with Gasteiger partial charge in [-0.2, -0.15) is 0 Å². The third-order valence-electron chi connectivity index (χ3n) is 0.782. The number of hydrogen-bond acceptors (Lipinski definition) is 4. The van der Waals surface area contributed by atoms with Crippen LogP contribution in [0.3, 0.4) is 0 Å². The Labute approximate surface area is 67.3 Å². The molecule has 0 unspecified atom stereocenters. The van der Waals surface area contributed by atoms with Crippen LogP contribution in [-0.4, -0.2) is 35.9 Å². The molecule has 0 rings (SSSR count). The lowest BCUT2D eigenvalue weighted by molar-refractivity contribution is -0.129. The second-order valence-corrected chi connectivity index (χ2v) is 1.68. The number of nitrogens with two attached hydrogens (primary N) is 1. The molecule has 0 aliphatic rings. The molecular formula is C5H8FN3O3. The summed E-state index contributed by atoms with van der Waals surface area (Å²) in [6.45, 7) is -1.14. The number of hydrogen-bond donors (Lipinski definition) is 3. The maximum absolute atomic E-state index is 11.4. The summed E-state index contributed by atoms with van der Waals surface area (Å²) >= 11 is 0. The van der Waals surface area contributed by atoms with Gasteiger partial charge in [-0.1, -0.05) is 5.16 Å². The van der Waals surface area contributed by atoms with E-state index in [-0.39, 0.29) is 6.61 Å². The molecule has 0 aliphatic heterocycles. The fourth-order valence-corrected chi connectivity index (χ4v) is 0.348. The summed E-state index contributed by atoms with van der Waals surface area (Å²) < 4.78 is 11.4. The summed E-state index contributed by atoms with van der Waals surface area (Å²) in [7, 11) is 0. The first-order valence-corrected chi connectivity index (χ1v) is 2.93. The minimum absolute atomic E-state index is 0.357. The molecule has 0 aromatic carbocycles. The first kappa shape index (κ1) is 10.3. The summed E-state index contributed by atoms with van der Waals surface area (Å²) in [5, 5.41) is 18.0. The Hall–Kier alpha value is -1.66. The van der Waals surface area contributed by atoms with Crippen molar-refractivity contribution >= 4 is 17.5 Å². The highest BCUT2D eigenvalue weighted by molar-refractivity contribution is 6.63. The van der Waals surface area contributed by atoms with Crippen LogP contribution in [0.25, 0.3) is 0 Å².